The molecule has 0 saturated heterocycles. The van der Waals surface area contributed by atoms with E-state index in [9.17, 15) is 24.8 Å². The molecule has 27 heavy (non-hydrogen) atoms. The number of aliphatic hydroxyl groups is 1. The van der Waals surface area contributed by atoms with Gasteiger partial charge in [0.25, 0.3) is 5.09 Å². The molecule has 1 saturated carbocycles. The zero-order valence-corrected chi connectivity index (χ0v) is 15.6. The maximum absolute atomic E-state index is 11.8. The van der Waals surface area contributed by atoms with Gasteiger partial charge in [0.15, 0.2) is 0 Å². The Morgan fingerprint density at radius 2 is 1.96 bits per heavy atom. The SMILES string of the molecule is CC/C(=C/CO[N+](=O)[O-])C(=O)OCOC(=O)NCC1(CCO)CCCCC1. The minimum absolute atomic E-state index is 0.0701. The second-order valence-electron chi connectivity index (χ2n) is 6.47. The van der Waals surface area contributed by atoms with Crippen molar-refractivity contribution in [2.45, 2.75) is 51.9 Å². The van der Waals surface area contributed by atoms with E-state index < -0.39 is 23.9 Å². The topological polar surface area (TPSA) is 137 Å². The summed E-state index contributed by atoms with van der Waals surface area (Å²) in [6, 6.07) is 0. The normalized spacial score (nSPS) is 16.3. The van der Waals surface area contributed by atoms with Crippen LogP contribution in [0.25, 0.3) is 0 Å². The monoisotopic (exact) mass is 388 g/mol. The summed E-state index contributed by atoms with van der Waals surface area (Å²) in [7, 11) is 0. The van der Waals surface area contributed by atoms with Crippen LogP contribution >= 0.6 is 0 Å². The molecule has 0 aliphatic heterocycles. The second-order valence-corrected chi connectivity index (χ2v) is 6.47. The fourth-order valence-electron chi connectivity index (χ4n) is 3.16. The summed E-state index contributed by atoms with van der Waals surface area (Å²) in [5.41, 5.74) is 0.0719. The van der Waals surface area contributed by atoms with Crippen LogP contribution in [0.5, 0.6) is 0 Å². The Bertz CT molecular complexity index is 524. The van der Waals surface area contributed by atoms with Gasteiger partial charge >= 0.3 is 12.1 Å². The van der Waals surface area contributed by atoms with Crippen LogP contribution in [0.15, 0.2) is 11.6 Å². The summed E-state index contributed by atoms with van der Waals surface area (Å²) >= 11 is 0. The zero-order valence-electron chi connectivity index (χ0n) is 15.6. The van der Waals surface area contributed by atoms with Crippen molar-refractivity contribution in [3.05, 3.63) is 21.8 Å². The van der Waals surface area contributed by atoms with Gasteiger partial charge in [0.2, 0.25) is 6.79 Å². The molecule has 0 atom stereocenters. The average Bonchev–Trinajstić information content (AvgIpc) is 2.64. The van der Waals surface area contributed by atoms with Crippen molar-refractivity contribution in [2.24, 2.45) is 5.41 Å². The Morgan fingerprint density at radius 3 is 2.56 bits per heavy atom. The molecule has 0 radical (unpaired) electrons. The second kappa shape index (κ2) is 12.1. The fraction of sp³-hybridized carbons (Fsp3) is 0.765. The van der Waals surface area contributed by atoms with Gasteiger partial charge in [-0.2, -0.15) is 0 Å². The molecule has 0 aromatic rings. The molecular formula is C17H28N2O8. The summed E-state index contributed by atoms with van der Waals surface area (Å²) < 4.78 is 9.67. The highest BCUT2D eigenvalue weighted by Gasteiger charge is 2.32. The molecule has 10 heteroatoms. The van der Waals surface area contributed by atoms with Crippen LogP contribution in [-0.4, -0.2) is 48.8 Å². The number of hydrogen-bond acceptors (Lipinski definition) is 8. The largest absolute Gasteiger partial charge is 0.424 e. The maximum Gasteiger partial charge on any atom is 0.410 e. The molecule has 0 aromatic carbocycles. The van der Waals surface area contributed by atoms with E-state index in [-0.39, 0.29) is 30.6 Å². The van der Waals surface area contributed by atoms with E-state index in [4.69, 9.17) is 9.47 Å². The van der Waals surface area contributed by atoms with Crippen LogP contribution in [0, 0.1) is 15.5 Å². The van der Waals surface area contributed by atoms with Crippen molar-refractivity contribution < 1.29 is 34.1 Å². The van der Waals surface area contributed by atoms with Gasteiger partial charge < -0.3 is 24.7 Å². The first-order chi connectivity index (χ1) is 12.9. The van der Waals surface area contributed by atoms with Crippen molar-refractivity contribution in [3.63, 3.8) is 0 Å². The molecule has 1 aliphatic carbocycles. The Balaban J connectivity index is 2.34. The van der Waals surface area contributed by atoms with Crippen LogP contribution < -0.4 is 5.32 Å². The van der Waals surface area contributed by atoms with E-state index in [1.807, 2.05) is 0 Å². The summed E-state index contributed by atoms with van der Waals surface area (Å²) in [6.45, 7) is 1.22. The highest BCUT2D eigenvalue weighted by atomic mass is 16.9. The number of nitrogens with one attached hydrogen (secondary N) is 1. The molecule has 1 rings (SSSR count). The first-order valence-electron chi connectivity index (χ1n) is 9.07. The molecule has 0 bridgehead atoms. The minimum atomic E-state index is -0.960. The van der Waals surface area contributed by atoms with Crippen LogP contribution in [-0.2, 0) is 19.1 Å². The molecule has 10 nitrogen and oxygen atoms in total. The molecule has 0 spiro atoms. The van der Waals surface area contributed by atoms with Gasteiger partial charge in [0.05, 0.1) is 0 Å². The Hall–Kier alpha value is -2.36. The number of carbonyl (C=O) groups is 2. The van der Waals surface area contributed by atoms with E-state index in [2.05, 4.69) is 10.2 Å². The van der Waals surface area contributed by atoms with E-state index in [1.165, 1.54) is 6.08 Å². The number of hydrogen-bond donors (Lipinski definition) is 2. The summed E-state index contributed by atoms with van der Waals surface area (Å²) in [6.07, 6.45) is 6.64. The summed E-state index contributed by atoms with van der Waals surface area (Å²) in [4.78, 5) is 37.8. The lowest BCUT2D eigenvalue weighted by Crippen LogP contribution is -2.40. The maximum atomic E-state index is 11.8. The lowest BCUT2D eigenvalue weighted by Gasteiger charge is -2.36. The third kappa shape index (κ3) is 8.72. The molecule has 154 valence electrons. The number of nitrogens with zero attached hydrogens (tertiary/aromatic N) is 1. The van der Waals surface area contributed by atoms with Crippen molar-refractivity contribution in [1.29, 1.82) is 0 Å². The van der Waals surface area contributed by atoms with Crippen molar-refractivity contribution in [2.75, 3.05) is 26.6 Å². The van der Waals surface area contributed by atoms with Gasteiger partial charge in [-0.1, -0.05) is 26.2 Å². The number of ether oxygens (including phenoxy) is 2. The highest BCUT2D eigenvalue weighted by Crippen LogP contribution is 2.38. The summed E-state index contributed by atoms with van der Waals surface area (Å²) in [5.74, 6) is -0.735. The van der Waals surface area contributed by atoms with E-state index >= 15 is 0 Å². The van der Waals surface area contributed by atoms with Gasteiger partial charge in [-0.25, -0.2) is 9.59 Å². The Labute approximate surface area is 157 Å². The van der Waals surface area contributed by atoms with E-state index in [0.717, 1.165) is 32.1 Å². The fourth-order valence-corrected chi connectivity index (χ4v) is 3.16. The average molecular weight is 388 g/mol. The summed E-state index contributed by atoms with van der Waals surface area (Å²) in [5, 5.41) is 21.1. The zero-order chi connectivity index (χ0) is 20.1. The standard InChI is InChI=1S/C17H28N2O8/c1-2-14(6-11-27-19(23)24)15(21)25-13-26-16(22)18-12-17(9-10-20)7-4-3-5-8-17/h6,20H,2-5,7-13H2,1H3,(H,18,22)/b14-6-. The van der Waals surface area contributed by atoms with Gasteiger partial charge in [-0.3, -0.25) is 0 Å². The van der Waals surface area contributed by atoms with Gasteiger partial charge in [0.1, 0.15) is 6.61 Å². The van der Waals surface area contributed by atoms with Gasteiger partial charge in [-0.05, 0) is 37.2 Å². The molecular weight excluding hydrogens is 360 g/mol. The highest BCUT2D eigenvalue weighted by molar-refractivity contribution is 5.88. The molecule has 1 amide bonds. The lowest BCUT2D eigenvalue weighted by atomic mass is 9.72. The third-order valence-corrected chi connectivity index (χ3v) is 4.70. The van der Waals surface area contributed by atoms with E-state index in [0.29, 0.717) is 13.0 Å². The molecule has 2 N–H and O–H groups in total. The van der Waals surface area contributed by atoms with Crippen LogP contribution in [0.4, 0.5) is 4.79 Å². The first kappa shape index (κ1) is 22.7. The first-order valence-corrected chi connectivity index (χ1v) is 9.07. The third-order valence-electron chi connectivity index (χ3n) is 4.70. The smallest absolute Gasteiger partial charge is 0.410 e. The number of alkyl carbamates (subject to hydrolysis) is 1. The van der Waals surface area contributed by atoms with Crippen LogP contribution in [0.1, 0.15) is 51.9 Å². The van der Waals surface area contributed by atoms with Crippen LogP contribution in [0.3, 0.4) is 0 Å². The Morgan fingerprint density at radius 1 is 1.26 bits per heavy atom. The van der Waals surface area contributed by atoms with Crippen molar-refractivity contribution in [3.8, 4) is 0 Å². The Kier molecular flexibility index (Phi) is 10.2. The van der Waals surface area contributed by atoms with Crippen molar-refractivity contribution >= 4 is 12.1 Å². The van der Waals surface area contributed by atoms with Crippen LogP contribution in [0.2, 0.25) is 0 Å². The molecule has 1 fully saturated rings. The molecule has 0 heterocycles. The van der Waals surface area contributed by atoms with E-state index in [1.54, 1.807) is 6.92 Å². The molecule has 1 aliphatic rings. The number of aliphatic hydroxyl groups excluding tert-OH is 1. The predicted molar refractivity (Wildman–Crippen MR) is 94.0 cm³/mol. The number of esters is 1. The minimum Gasteiger partial charge on any atom is -0.424 e. The molecule has 0 aromatic heterocycles. The quantitative estimate of drug-likeness (QED) is 0.180. The lowest BCUT2D eigenvalue weighted by molar-refractivity contribution is -0.755. The number of rotatable bonds is 11. The van der Waals surface area contributed by atoms with Gasteiger partial charge in [0, 0.05) is 18.7 Å². The van der Waals surface area contributed by atoms with Crippen molar-refractivity contribution in [1.82, 2.24) is 5.32 Å². The number of amides is 1. The predicted octanol–water partition coefficient (Wildman–Crippen LogP) is 2.09. The molecule has 0 unspecified atom stereocenters. The number of carbonyl (C=O) groups excluding carboxylic acids is 2. The van der Waals surface area contributed by atoms with Gasteiger partial charge in [-0.15, -0.1) is 10.1 Å².